The molecule has 0 saturated heterocycles. The molecule has 0 bridgehead atoms. The van der Waals surface area contributed by atoms with Gasteiger partial charge in [-0.05, 0) is 41.7 Å². The minimum absolute atomic E-state index is 0.224. The Morgan fingerprint density at radius 2 is 1.74 bits per heavy atom. The Kier molecular flexibility index (Phi) is 6.50. The van der Waals surface area contributed by atoms with Crippen LogP contribution in [0.25, 0.3) is 22.0 Å². The van der Waals surface area contributed by atoms with Crippen molar-refractivity contribution in [1.29, 1.82) is 0 Å². The van der Waals surface area contributed by atoms with Crippen molar-refractivity contribution in [2.45, 2.75) is 43.9 Å². The van der Waals surface area contributed by atoms with Gasteiger partial charge in [-0.25, -0.2) is 15.0 Å². The number of nitrogens with one attached hydrogen (secondary N) is 1. The van der Waals surface area contributed by atoms with Crippen LogP contribution in [0.15, 0.2) is 55.2 Å². The summed E-state index contributed by atoms with van der Waals surface area (Å²) in [5.41, 5.74) is -1.43. The zero-order chi connectivity index (χ0) is 25.4. The summed E-state index contributed by atoms with van der Waals surface area (Å²) in [6.07, 6.45) is -0.0839. The second-order valence-electron chi connectivity index (χ2n) is 9.20. The first-order valence-electron chi connectivity index (χ1n) is 10.8. The summed E-state index contributed by atoms with van der Waals surface area (Å²) in [6, 6.07) is 8.34. The van der Waals surface area contributed by atoms with E-state index in [1.54, 1.807) is 56.6 Å². The molecule has 184 valence electrons. The monoisotopic (exact) mass is 504 g/mol. The molecule has 4 aromatic rings. The number of nitrogens with zero attached hydrogens (tertiary/aromatic N) is 3. The highest BCUT2D eigenvalue weighted by Crippen LogP contribution is 2.46. The van der Waals surface area contributed by atoms with E-state index >= 15 is 0 Å². The molecule has 0 aliphatic carbocycles. The maximum Gasteiger partial charge on any atom is 0.417 e. The molecule has 3 heterocycles. The minimum atomic E-state index is -4.89. The average molecular weight is 505 g/mol. The fraction of sp³-hybridized carbons (Fsp3) is 0.320. The number of rotatable bonds is 7. The molecular formula is C25H24ClF3N4O2. The number of alkyl halides is 3. The molecular weight excluding hydrogens is 481 g/mol. The van der Waals surface area contributed by atoms with Crippen LogP contribution in [0, 0.1) is 0 Å². The van der Waals surface area contributed by atoms with Gasteiger partial charge in [-0.3, -0.25) is 0 Å². The number of halogens is 4. The lowest BCUT2D eigenvalue weighted by Gasteiger charge is -2.38. The predicted molar refractivity (Wildman–Crippen MR) is 127 cm³/mol. The molecule has 0 radical (unpaired) electrons. The normalized spacial score (nSPS) is 14.2. The molecule has 10 heteroatoms. The molecule has 0 spiro atoms. The molecule has 1 aromatic carbocycles. The quantitative estimate of drug-likeness (QED) is 0.307. The molecule has 1 unspecified atom stereocenters. The largest absolute Gasteiger partial charge is 0.496 e. The van der Waals surface area contributed by atoms with Gasteiger partial charge in [0.25, 0.3) is 0 Å². The van der Waals surface area contributed by atoms with Crippen molar-refractivity contribution in [3.05, 3.63) is 71.7 Å². The molecule has 2 N–H and O–H groups in total. The maximum atomic E-state index is 14.3. The molecule has 0 aliphatic rings. The van der Waals surface area contributed by atoms with Crippen molar-refractivity contribution in [2.75, 3.05) is 7.11 Å². The van der Waals surface area contributed by atoms with E-state index in [-0.39, 0.29) is 10.8 Å². The van der Waals surface area contributed by atoms with Gasteiger partial charge < -0.3 is 14.8 Å². The SMILES string of the molecule is COc1ccc(-c2cncnc2)cc1C(C)(C)CC(O)(Cc1cc2cc(Cl)ncc2[nH]1)C(F)(F)F. The zero-order valence-electron chi connectivity index (χ0n) is 19.3. The Hall–Kier alpha value is -3.17. The predicted octanol–water partition coefficient (Wildman–Crippen LogP) is 5.89. The second kappa shape index (κ2) is 9.13. The van der Waals surface area contributed by atoms with Crippen molar-refractivity contribution in [3.8, 4) is 16.9 Å². The van der Waals surface area contributed by atoms with Crippen LogP contribution < -0.4 is 4.74 Å². The number of pyridine rings is 1. The standard InChI is InChI=1S/C25H24ClF3N4O2/c1-23(2,19-7-15(4-5-21(19)35-3)17-10-30-14-31-11-17)13-24(34,25(27,28)29)9-18-6-16-8-22(26)32-12-20(16)33-18/h4-8,10-12,14,33-34H,9,13H2,1-3H3. The van der Waals surface area contributed by atoms with E-state index in [1.165, 1.54) is 19.6 Å². The van der Waals surface area contributed by atoms with Crippen LogP contribution in [0.2, 0.25) is 5.15 Å². The molecule has 0 amide bonds. The topological polar surface area (TPSA) is 83.9 Å². The summed E-state index contributed by atoms with van der Waals surface area (Å²) in [5, 5.41) is 11.9. The van der Waals surface area contributed by atoms with E-state index in [2.05, 4.69) is 19.9 Å². The van der Waals surface area contributed by atoms with Gasteiger partial charge in [0, 0.05) is 41.0 Å². The van der Waals surface area contributed by atoms with Crippen LogP contribution in [-0.2, 0) is 11.8 Å². The third kappa shape index (κ3) is 5.11. The Bertz CT molecular complexity index is 1340. The number of H-pyrrole nitrogens is 1. The first kappa shape index (κ1) is 24.9. The number of aromatic amines is 1. The Morgan fingerprint density at radius 1 is 1.03 bits per heavy atom. The third-order valence-electron chi connectivity index (χ3n) is 6.10. The number of methoxy groups -OCH3 is 1. The van der Waals surface area contributed by atoms with Gasteiger partial charge in [0.05, 0.1) is 18.8 Å². The van der Waals surface area contributed by atoms with E-state index in [9.17, 15) is 18.3 Å². The molecule has 6 nitrogen and oxygen atoms in total. The Balaban J connectivity index is 1.72. The fourth-order valence-corrected chi connectivity index (χ4v) is 4.60. The highest BCUT2D eigenvalue weighted by Gasteiger charge is 2.56. The number of aliphatic hydroxyl groups is 1. The summed E-state index contributed by atoms with van der Waals surface area (Å²) in [4.78, 5) is 14.9. The lowest BCUT2D eigenvalue weighted by atomic mass is 9.72. The number of aromatic nitrogens is 4. The summed E-state index contributed by atoms with van der Waals surface area (Å²) >= 11 is 5.90. The second-order valence-corrected chi connectivity index (χ2v) is 9.59. The van der Waals surface area contributed by atoms with Gasteiger partial charge in [-0.2, -0.15) is 13.2 Å². The van der Waals surface area contributed by atoms with Gasteiger partial charge in [0.15, 0.2) is 5.60 Å². The average Bonchev–Trinajstić information content (AvgIpc) is 3.19. The summed E-state index contributed by atoms with van der Waals surface area (Å²) in [6.45, 7) is 3.31. The number of benzene rings is 1. The zero-order valence-corrected chi connectivity index (χ0v) is 20.1. The Labute approximate surface area is 205 Å². The first-order valence-corrected chi connectivity index (χ1v) is 11.2. The van der Waals surface area contributed by atoms with Gasteiger partial charge in [0.2, 0.25) is 0 Å². The molecule has 0 aliphatic heterocycles. The molecule has 1 atom stereocenters. The van der Waals surface area contributed by atoms with Gasteiger partial charge >= 0.3 is 6.18 Å². The number of hydrogen-bond acceptors (Lipinski definition) is 5. The summed E-state index contributed by atoms with van der Waals surface area (Å²) < 4.78 is 48.5. The minimum Gasteiger partial charge on any atom is -0.496 e. The number of fused-ring (bicyclic) bond motifs is 1. The number of hydrogen-bond donors (Lipinski definition) is 2. The van der Waals surface area contributed by atoms with Gasteiger partial charge in [0.1, 0.15) is 17.2 Å². The van der Waals surface area contributed by atoms with Gasteiger partial charge in [-0.15, -0.1) is 0 Å². The Morgan fingerprint density at radius 3 is 2.40 bits per heavy atom. The van der Waals surface area contributed by atoms with Crippen molar-refractivity contribution in [3.63, 3.8) is 0 Å². The van der Waals surface area contributed by atoms with Crippen LogP contribution in [0.1, 0.15) is 31.5 Å². The van der Waals surface area contributed by atoms with E-state index in [0.29, 0.717) is 27.8 Å². The molecule has 35 heavy (non-hydrogen) atoms. The molecule has 3 aromatic heterocycles. The highest BCUT2D eigenvalue weighted by atomic mass is 35.5. The highest BCUT2D eigenvalue weighted by molar-refractivity contribution is 6.30. The molecule has 0 saturated carbocycles. The van der Waals surface area contributed by atoms with Crippen molar-refractivity contribution < 1.29 is 23.0 Å². The molecule has 0 fully saturated rings. The lowest BCUT2D eigenvalue weighted by molar-refractivity contribution is -0.266. The summed E-state index contributed by atoms with van der Waals surface area (Å²) in [7, 11) is 1.46. The van der Waals surface area contributed by atoms with Gasteiger partial charge in [-0.1, -0.05) is 31.5 Å². The van der Waals surface area contributed by atoms with Crippen LogP contribution in [-0.4, -0.2) is 43.9 Å². The van der Waals surface area contributed by atoms with Crippen LogP contribution in [0.5, 0.6) is 5.75 Å². The fourth-order valence-electron chi connectivity index (χ4n) is 4.43. The molecule has 4 rings (SSSR count). The van der Waals surface area contributed by atoms with Crippen LogP contribution in [0.4, 0.5) is 13.2 Å². The van der Waals surface area contributed by atoms with E-state index in [0.717, 1.165) is 5.56 Å². The third-order valence-corrected chi connectivity index (χ3v) is 6.30. The first-order chi connectivity index (χ1) is 16.4. The maximum absolute atomic E-state index is 14.3. The van der Waals surface area contributed by atoms with E-state index in [4.69, 9.17) is 16.3 Å². The van der Waals surface area contributed by atoms with Crippen molar-refractivity contribution in [2.24, 2.45) is 0 Å². The summed E-state index contributed by atoms with van der Waals surface area (Å²) in [5.74, 6) is 0.423. The van der Waals surface area contributed by atoms with Crippen molar-refractivity contribution >= 4 is 22.5 Å². The smallest absolute Gasteiger partial charge is 0.417 e. The lowest BCUT2D eigenvalue weighted by Crippen LogP contribution is -2.51. The number of ether oxygens (including phenoxy) is 1. The van der Waals surface area contributed by atoms with Crippen LogP contribution >= 0.6 is 11.6 Å². The van der Waals surface area contributed by atoms with Crippen LogP contribution in [0.3, 0.4) is 0 Å². The van der Waals surface area contributed by atoms with Crippen molar-refractivity contribution in [1.82, 2.24) is 19.9 Å². The van der Waals surface area contributed by atoms with E-state index in [1.807, 2.05) is 0 Å². The van der Waals surface area contributed by atoms with E-state index < -0.39 is 30.0 Å².